The van der Waals surface area contributed by atoms with E-state index >= 15 is 0 Å². The maximum Gasteiger partial charge on any atom is 0.326 e. The molecule has 0 bridgehead atoms. The standard InChI is InChI=1S/C16H23N3O5/c1-8(2)6-11(16(22)23)19-12(20)7-17-14(21)13-9(3)18-15(24-13)10-4-5-10/h8,10-11H,4-7H2,1-3H3,(H,17,21)(H,19,20)(H,22,23)/t11-/m0/s1. The quantitative estimate of drug-likeness (QED) is 0.655. The fourth-order valence-corrected chi connectivity index (χ4v) is 2.31. The number of nitrogens with one attached hydrogen (secondary N) is 2. The highest BCUT2D eigenvalue weighted by atomic mass is 16.4. The Labute approximate surface area is 140 Å². The van der Waals surface area contributed by atoms with Gasteiger partial charge in [0.15, 0.2) is 5.89 Å². The second-order valence-electron chi connectivity index (χ2n) is 6.51. The van der Waals surface area contributed by atoms with Crippen molar-refractivity contribution in [3.63, 3.8) is 0 Å². The van der Waals surface area contributed by atoms with E-state index in [2.05, 4.69) is 15.6 Å². The van der Waals surface area contributed by atoms with Gasteiger partial charge in [0.1, 0.15) is 6.04 Å². The van der Waals surface area contributed by atoms with Crippen LogP contribution in [0.4, 0.5) is 0 Å². The number of oxazole rings is 1. The number of nitrogens with zero attached hydrogens (tertiary/aromatic N) is 1. The summed E-state index contributed by atoms with van der Waals surface area (Å²) in [5.41, 5.74) is 0.484. The molecule has 1 atom stereocenters. The van der Waals surface area contributed by atoms with Gasteiger partial charge in [-0.25, -0.2) is 9.78 Å². The molecule has 1 aliphatic rings. The van der Waals surface area contributed by atoms with Crippen LogP contribution in [-0.2, 0) is 9.59 Å². The Kier molecular flexibility index (Phi) is 5.58. The summed E-state index contributed by atoms with van der Waals surface area (Å²) < 4.78 is 5.46. The fraction of sp³-hybridized carbons (Fsp3) is 0.625. The van der Waals surface area contributed by atoms with E-state index in [-0.39, 0.29) is 18.2 Å². The van der Waals surface area contributed by atoms with Crippen LogP contribution in [0.1, 0.15) is 61.2 Å². The Balaban J connectivity index is 1.86. The van der Waals surface area contributed by atoms with Gasteiger partial charge in [0, 0.05) is 5.92 Å². The molecule has 1 heterocycles. The number of hydrogen-bond acceptors (Lipinski definition) is 5. The lowest BCUT2D eigenvalue weighted by atomic mass is 10.0. The summed E-state index contributed by atoms with van der Waals surface area (Å²) in [6.45, 7) is 5.09. The number of hydrogen-bond donors (Lipinski definition) is 3. The van der Waals surface area contributed by atoms with E-state index in [9.17, 15) is 14.4 Å². The third-order valence-electron chi connectivity index (χ3n) is 3.70. The maximum absolute atomic E-state index is 12.1. The Morgan fingerprint density at radius 1 is 1.33 bits per heavy atom. The topological polar surface area (TPSA) is 122 Å². The molecule has 0 radical (unpaired) electrons. The lowest BCUT2D eigenvalue weighted by Crippen LogP contribution is -2.46. The van der Waals surface area contributed by atoms with Crippen LogP contribution in [-0.4, -0.2) is 40.5 Å². The van der Waals surface area contributed by atoms with E-state index in [0.29, 0.717) is 23.9 Å². The van der Waals surface area contributed by atoms with Crippen molar-refractivity contribution in [2.75, 3.05) is 6.54 Å². The lowest BCUT2D eigenvalue weighted by molar-refractivity contribution is -0.142. The molecular formula is C16H23N3O5. The fourth-order valence-electron chi connectivity index (χ4n) is 2.31. The van der Waals surface area contributed by atoms with Crippen molar-refractivity contribution in [1.82, 2.24) is 15.6 Å². The van der Waals surface area contributed by atoms with Gasteiger partial charge in [0.05, 0.1) is 12.2 Å². The minimum atomic E-state index is -1.09. The van der Waals surface area contributed by atoms with Gasteiger partial charge in [-0.3, -0.25) is 9.59 Å². The van der Waals surface area contributed by atoms with Gasteiger partial charge in [0.25, 0.3) is 5.91 Å². The van der Waals surface area contributed by atoms with Crippen LogP contribution >= 0.6 is 0 Å². The zero-order valence-corrected chi connectivity index (χ0v) is 14.1. The predicted octanol–water partition coefficient (Wildman–Crippen LogP) is 1.21. The molecule has 1 fully saturated rings. The summed E-state index contributed by atoms with van der Waals surface area (Å²) in [7, 11) is 0. The van der Waals surface area contributed by atoms with Gasteiger partial charge < -0.3 is 20.2 Å². The number of rotatable bonds is 8. The number of aryl methyl sites for hydroxylation is 1. The maximum atomic E-state index is 12.1. The summed E-state index contributed by atoms with van der Waals surface area (Å²) >= 11 is 0. The third-order valence-corrected chi connectivity index (χ3v) is 3.70. The van der Waals surface area contributed by atoms with Crippen molar-refractivity contribution in [2.45, 2.75) is 52.0 Å². The molecule has 0 aromatic carbocycles. The van der Waals surface area contributed by atoms with E-state index in [1.54, 1.807) is 6.92 Å². The number of carboxylic acid groups (broad SMARTS) is 1. The third kappa shape index (κ3) is 4.81. The molecule has 0 saturated heterocycles. The van der Waals surface area contributed by atoms with Gasteiger partial charge in [-0.15, -0.1) is 0 Å². The highest BCUT2D eigenvalue weighted by Gasteiger charge is 2.31. The summed E-state index contributed by atoms with van der Waals surface area (Å²) in [5.74, 6) is -1.11. The molecular weight excluding hydrogens is 314 g/mol. The Hall–Kier alpha value is -2.38. The molecule has 24 heavy (non-hydrogen) atoms. The van der Waals surface area contributed by atoms with Crippen LogP contribution in [0.2, 0.25) is 0 Å². The number of carbonyl (C=O) groups is 3. The molecule has 2 amide bonds. The van der Waals surface area contributed by atoms with Crippen molar-refractivity contribution < 1.29 is 23.9 Å². The predicted molar refractivity (Wildman–Crippen MR) is 84.6 cm³/mol. The first-order valence-corrected chi connectivity index (χ1v) is 8.05. The van der Waals surface area contributed by atoms with Crippen LogP contribution in [0.25, 0.3) is 0 Å². The van der Waals surface area contributed by atoms with E-state index in [0.717, 1.165) is 12.8 Å². The van der Waals surface area contributed by atoms with E-state index < -0.39 is 23.8 Å². The zero-order valence-electron chi connectivity index (χ0n) is 14.1. The number of aliphatic carboxylic acids is 1. The highest BCUT2D eigenvalue weighted by Crippen LogP contribution is 2.39. The minimum absolute atomic E-state index is 0.0988. The Morgan fingerprint density at radius 2 is 2.00 bits per heavy atom. The first-order valence-electron chi connectivity index (χ1n) is 8.05. The first kappa shape index (κ1) is 18.0. The monoisotopic (exact) mass is 337 g/mol. The van der Waals surface area contributed by atoms with Crippen molar-refractivity contribution in [2.24, 2.45) is 5.92 Å². The molecule has 2 rings (SSSR count). The average molecular weight is 337 g/mol. The highest BCUT2D eigenvalue weighted by molar-refractivity contribution is 5.95. The molecule has 1 aromatic heterocycles. The van der Waals surface area contributed by atoms with Gasteiger partial charge in [-0.2, -0.15) is 0 Å². The van der Waals surface area contributed by atoms with Crippen LogP contribution in [0, 0.1) is 12.8 Å². The molecule has 1 aliphatic carbocycles. The number of carboxylic acids is 1. The number of aromatic nitrogens is 1. The van der Waals surface area contributed by atoms with Crippen molar-refractivity contribution in [1.29, 1.82) is 0 Å². The minimum Gasteiger partial charge on any atom is -0.480 e. The van der Waals surface area contributed by atoms with Crippen LogP contribution in [0.15, 0.2) is 4.42 Å². The molecule has 1 saturated carbocycles. The molecule has 0 aliphatic heterocycles. The molecule has 1 aromatic rings. The molecule has 8 heteroatoms. The lowest BCUT2D eigenvalue weighted by Gasteiger charge is -2.16. The molecule has 0 spiro atoms. The van der Waals surface area contributed by atoms with Gasteiger partial charge >= 0.3 is 5.97 Å². The van der Waals surface area contributed by atoms with Crippen LogP contribution in [0.3, 0.4) is 0 Å². The average Bonchev–Trinajstić information content (AvgIpc) is 3.26. The smallest absolute Gasteiger partial charge is 0.326 e. The molecule has 3 N–H and O–H groups in total. The van der Waals surface area contributed by atoms with E-state index in [1.165, 1.54) is 0 Å². The Morgan fingerprint density at radius 3 is 2.54 bits per heavy atom. The summed E-state index contributed by atoms with van der Waals surface area (Å²) in [6, 6.07) is -0.970. The van der Waals surface area contributed by atoms with E-state index in [4.69, 9.17) is 9.52 Å². The van der Waals surface area contributed by atoms with Crippen molar-refractivity contribution >= 4 is 17.8 Å². The second-order valence-corrected chi connectivity index (χ2v) is 6.51. The number of carbonyl (C=O) groups excluding carboxylic acids is 2. The largest absolute Gasteiger partial charge is 0.480 e. The Bertz CT molecular complexity index is 634. The summed E-state index contributed by atoms with van der Waals surface area (Å²) in [5, 5.41) is 13.9. The van der Waals surface area contributed by atoms with Crippen molar-refractivity contribution in [3.8, 4) is 0 Å². The van der Waals surface area contributed by atoms with Gasteiger partial charge in [-0.05, 0) is 32.1 Å². The summed E-state index contributed by atoms with van der Waals surface area (Å²) in [6.07, 6.45) is 2.34. The van der Waals surface area contributed by atoms with Crippen LogP contribution < -0.4 is 10.6 Å². The number of amides is 2. The molecule has 0 unspecified atom stereocenters. The molecule has 132 valence electrons. The van der Waals surface area contributed by atoms with Crippen molar-refractivity contribution in [3.05, 3.63) is 17.3 Å². The molecule has 8 nitrogen and oxygen atoms in total. The summed E-state index contributed by atoms with van der Waals surface area (Å²) in [4.78, 5) is 39.3. The second kappa shape index (κ2) is 7.46. The van der Waals surface area contributed by atoms with Gasteiger partial charge in [-0.1, -0.05) is 13.8 Å². The van der Waals surface area contributed by atoms with E-state index in [1.807, 2.05) is 13.8 Å². The van der Waals surface area contributed by atoms with Gasteiger partial charge in [0.2, 0.25) is 11.7 Å². The van der Waals surface area contributed by atoms with Crippen LogP contribution in [0.5, 0.6) is 0 Å². The zero-order chi connectivity index (χ0) is 17.9. The SMILES string of the molecule is Cc1nc(C2CC2)oc1C(=O)NCC(=O)N[C@@H](CC(C)C)C(=O)O. The normalized spacial score (nSPS) is 15.2. The first-order chi connectivity index (χ1) is 11.3.